The number of para-hydroxylation sites is 4. The quantitative estimate of drug-likeness (QED) is 0.759. The van der Waals surface area contributed by atoms with Crippen molar-refractivity contribution in [2.24, 2.45) is 0 Å². The van der Waals surface area contributed by atoms with Crippen molar-refractivity contribution < 1.29 is 23.9 Å². The largest absolute Gasteiger partial charge is 0.485 e. The Hall–Kier alpha value is -3.59. The molecule has 1 saturated heterocycles. The van der Waals surface area contributed by atoms with Crippen molar-refractivity contribution in [1.82, 2.24) is 9.80 Å². The van der Waals surface area contributed by atoms with E-state index in [1.54, 1.807) is 21.9 Å². The average molecular weight is 450 g/mol. The summed E-state index contributed by atoms with van der Waals surface area (Å²) in [5.41, 5.74) is 1.35. The van der Waals surface area contributed by atoms with Gasteiger partial charge >= 0.3 is 0 Å². The van der Waals surface area contributed by atoms with Crippen molar-refractivity contribution in [2.75, 3.05) is 49.5 Å². The van der Waals surface area contributed by atoms with Crippen LogP contribution in [0.3, 0.4) is 0 Å². The Morgan fingerprint density at radius 3 is 2.48 bits per heavy atom. The summed E-state index contributed by atoms with van der Waals surface area (Å²) in [5.74, 6) is 0.779. The monoisotopic (exact) mass is 450 g/mol. The highest BCUT2D eigenvalue weighted by molar-refractivity contribution is 6.11. The molecule has 0 bridgehead atoms. The van der Waals surface area contributed by atoms with Crippen LogP contribution < -0.4 is 19.7 Å². The second-order valence-electron chi connectivity index (χ2n) is 8.39. The first kappa shape index (κ1) is 21.3. The molecule has 3 heterocycles. The van der Waals surface area contributed by atoms with Gasteiger partial charge in [-0.15, -0.1) is 0 Å². The molecule has 1 fully saturated rings. The molecule has 0 unspecified atom stereocenters. The molecular formula is C24H26N4O5. The minimum absolute atomic E-state index is 0.000863. The van der Waals surface area contributed by atoms with Crippen molar-refractivity contribution >= 4 is 29.1 Å². The highest BCUT2D eigenvalue weighted by Crippen LogP contribution is 2.32. The van der Waals surface area contributed by atoms with Crippen LogP contribution >= 0.6 is 0 Å². The van der Waals surface area contributed by atoms with E-state index in [2.05, 4.69) is 10.2 Å². The van der Waals surface area contributed by atoms with Crippen LogP contribution in [0.2, 0.25) is 0 Å². The van der Waals surface area contributed by atoms with Gasteiger partial charge in [0.1, 0.15) is 13.2 Å². The van der Waals surface area contributed by atoms with Gasteiger partial charge in [0.25, 0.3) is 5.91 Å². The summed E-state index contributed by atoms with van der Waals surface area (Å²) >= 11 is 0. The van der Waals surface area contributed by atoms with Gasteiger partial charge < -0.3 is 19.7 Å². The predicted molar refractivity (Wildman–Crippen MR) is 121 cm³/mol. The zero-order valence-electron chi connectivity index (χ0n) is 18.4. The highest BCUT2D eigenvalue weighted by Gasteiger charge is 2.36. The van der Waals surface area contributed by atoms with Crippen LogP contribution in [0.15, 0.2) is 48.5 Å². The number of nitrogens with one attached hydrogen (secondary N) is 1. The van der Waals surface area contributed by atoms with Crippen molar-refractivity contribution in [3.63, 3.8) is 0 Å². The first-order chi connectivity index (χ1) is 16.0. The fourth-order valence-corrected chi connectivity index (χ4v) is 4.49. The van der Waals surface area contributed by atoms with E-state index in [4.69, 9.17) is 9.47 Å². The Morgan fingerprint density at radius 2 is 1.70 bits per heavy atom. The normalized spacial score (nSPS) is 21.1. The van der Waals surface area contributed by atoms with E-state index in [1.807, 2.05) is 43.3 Å². The van der Waals surface area contributed by atoms with E-state index in [1.165, 1.54) is 0 Å². The van der Waals surface area contributed by atoms with E-state index in [9.17, 15) is 14.4 Å². The second-order valence-corrected chi connectivity index (χ2v) is 8.39. The number of amides is 3. The highest BCUT2D eigenvalue weighted by atomic mass is 16.6. The van der Waals surface area contributed by atoms with E-state index in [0.717, 1.165) is 0 Å². The first-order valence-corrected chi connectivity index (χ1v) is 11.1. The fourth-order valence-electron chi connectivity index (χ4n) is 4.49. The lowest BCUT2D eigenvalue weighted by Crippen LogP contribution is -2.58. The van der Waals surface area contributed by atoms with E-state index >= 15 is 0 Å². The minimum Gasteiger partial charge on any atom is -0.485 e. The number of anilines is 2. The second kappa shape index (κ2) is 8.74. The molecule has 2 aromatic carbocycles. The van der Waals surface area contributed by atoms with Crippen LogP contribution in [0.25, 0.3) is 0 Å². The lowest BCUT2D eigenvalue weighted by Gasteiger charge is -2.40. The first-order valence-electron chi connectivity index (χ1n) is 11.1. The Morgan fingerprint density at radius 1 is 1.00 bits per heavy atom. The summed E-state index contributed by atoms with van der Waals surface area (Å²) in [7, 11) is 0. The molecule has 3 amide bonds. The number of nitrogens with zero attached hydrogens (tertiary/aromatic N) is 3. The van der Waals surface area contributed by atoms with Crippen molar-refractivity contribution in [2.45, 2.75) is 19.1 Å². The summed E-state index contributed by atoms with van der Waals surface area (Å²) in [6, 6.07) is 14.2. The molecule has 0 aliphatic carbocycles. The number of carbonyl (C=O) groups excluding carboxylic acids is 3. The topological polar surface area (TPSA) is 91.4 Å². The maximum Gasteiger partial charge on any atom is 0.267 e. The molecule has 2 atom stereocenters. The van der Waals surface area contributed by atoms with Crippen molar-refractivity contribution in [1.29, 1.82) is 0 Å². The summed E-state index contributed by atoms with van der Waals surface area (Å²) in [6.07, 6.45) is -0.672. The molecule has 0 aromatic heterocycles. The molecule has 0 radical (unpaired) electrons. The third-order valence-corrected chi connectivity index (χ3v) is 6.35. The molecule has 5 rings (SSSR count). The Labute approximate surface area is 191 Å². The molecule has 1 N–H and O–H groups in total. The van der Waals surface area contributed by atoms with Crippen molar-refractivity contribution in [3.05, 3.63) is 48.5 Å². The third-order valence-electron chi connectivity index (χ3n) is 6.35. The summed E-state index contributed by atoms with van der Waals surface area (Å²) in [5, 5.41) is 2.81. The number of ether oxygens (including phenoxy) is 2. The van der Waals surface area contributed by atoms with Crippen LogP contribution in [-0.2, 0) is 14.4 Å². The maximum absolute atomic E-state index is 13.3. The molecule has 0 saturated carbocycles. The van der Waals surface area contributed by atoms with Crippen LogP contribution in [0, 0.1) is 0 Å². The van der Waals surface area contributed by atoms with Gasteiger partial charge in [-0.25, -0.2) is 0 Å². The molecule has 172 valence electrons. The minimum atomic E-state index is -0.672. The van der Waals surface area contributed by atoms with Crippen LogP contribution in [0.4, 0.5) is 11.4 Å². The Balaban J connectivity index is 1.19. The molecule has 9 nitrogen and oxygen atoms in total. The smallest absolute Gasteiger partial charge is 0.267 e. The van der Waals surface area contributed by atoms with Gasteiger partial charge in [0, 0.05) is 26.2 Å². The van der Waals surface area contributed by atoms with Gasteiger partial charge in [0.05, 0.1) is 17.4 Å². The van der Waals surface area contributed by atoms with E-state index < -0.39 is 12.1 Å². The lowest BCUT2D eigenvalue weighted by molar-refractivity contribution is -0.143. The molecule has 3 aliphatic heterocycles. The molecule has 2 aromatic rings. The Kier molecular flexibility index (Phi) is 5.63. The van der Waals surface area contributed by atoms with Gasteiger partial charge in [-0.3, -0.25) is 24.2 Å². The number of piperazine rings is 1. The van der Waals surface area contributed by atoms with Gasteiger partial charge in [-0.1, -0.05) is 24.3 Å². The molecule has 0 spiro atoms. The summed E-state index contributed by atoms with van der Waals surface area (Å²) < 4.78 is 11.5. The van der Waals surface area contributed by atoms with Gasteiger partial charge in [0.2, 0.25) is 17.9 Å². The number of fused-ring (bicyclic) bond motifs is 2. The van der Waals surface area contributed by atoms with Crippen LogP contribution in [0.1, 0.15) is 6.92 Å². The van der Waals surface area contributed by atoms with Gasteiger partial charge in [-0.2, -0.15) is 0 Å². The third kappa shape index (κ3) is 4.11. The average Bonchev–Trinajstić information content (AvgIpc) is 2.86. The number of carbonyl (C=O) groups is 3. The fraction of sp³-hybridized carbons (Fsp3) is 0.375. The number of rotatable bonds is 3. The zero-order valence-corrected chi connectivity index (χ0v) is 18.4. The number of benzene rings is 2. The lowest BCUT2D eigenvalue weighted by atomic mass is 10.1. The van der Waals surface area contributed by atoms with Crippen molar-refractivity contribution in [3.8, 4) is 11.5 Å². The van der Waals surface area contributed by atoms with Crippen LogP contribution in [-0.4, -0.2) is 79.0 Å². The summed E-state index contributed by atoms with van der Waals surface area (Å²) in [4.78, 5) is 43.7. The SMILES string of the molecule is C[C@@H](C(=O)N1CC(=O)Nc2ccccc21)N1CCN(C(=O)[C@H]2COc3ccccc3O2)CC1. The predicted octanol–water partition coefficient (Wildman–Crippen LogP) is 1.34. The molecule has 3 aliphatic rings. The maximum atomic E-state index is 13.3. The summed E-state index contributed by atoms with van der Waals surface area (Å²) in [6.45, 7) is 4.14. The van der Waals surface area contributed by atoms with Gasteiger partial charge in [0.15, 0.2) is 11.5 Å². The van der Waals surface area contributed by atoms with E-state index in [0.29, 0.717) is 49.1 Å². The molecular weight excluding hydrogens is 424 g/mol. The van der Waals surface area contributed by atoms with Gasteiger partial charge in [-0.05, 0) is 31.2 Å². The number of hydrogen-bond acceptors (Lipinski definition) is 6. The van der Waals surface area contributed by atoms with E-state index in [-0.39, 0.29) is 30.9 Å². The molecule has 9 heteroatoms. The number of hydrogen-bond donors (Lipinski definition) is 1. The standard InChI is InChI=1S/C24H26N4O5/c1-16(23(30)28-14-22(29)25-17-6-2-3-7-18(17)28)26-10-12-27(13-11-26)24(31)21-15-32-19-8-4-5-9-20(19)33-21/h2-9,16,21H,10-15H2,1H3,(H,25,29)/t16-,21+/m0/s1. The van der Waals surface area contributed by atoms with Crippen LogP contribution in [0.5, 0.6) is 11.5 Å². The zero-order chi connectivity index (χ0) is 22.9. The Bertz CT molecular complexity index is 1080. The molecule has 33 heavy (non-hydrogen) atoms.